The number of hydrogen-bond acceptors (Lipinski definition) is 6. The summed E-state index contributed by atoms with van der Waals surface area (Å²) < 4.78 is 21.7. The minimum absolute atomic E-state index is 0. The number of benzene rings is 1. The second-order valence-electron chi connectivity index (χ2n) is 6.60. The molecule has 1 rings (SSSR count). The van der Waals surface area contributed by atoms with Gasteiger partial charge in [-0.3, -0.25) is 4.79 Å². The first kappa shape index (κ1) is 27.6. The molecule has 0 aliphatic rings. The van der Waals surface area contributed by atoms with Gasteiger partial charge in [0.2, 0.25) is 0 Å². The Labute approximate surface area is 180 Å². The molecule has 0 aliphatic carbocycles. The minimum atomic E-state index is -0.853. The Morgan fingerprint density at radius 3 is 1.93 bits per heavy atom. The highest BCUT2D eigenvalue weighted by atomic mass is 35.5. The van der Waals surface area contributed by atoms with E-state index in [0.717, 1.165) is 50.2 Å². The van der Waals surface area contributed by atoms with Crippen molar-refractivity contribution in [1.82, 2.24) is 0 Å². The molecule has 3 N–H and O–H groups in total. The summed E-state index contributed by atoms with van der Waals surface area (Å²) in [5, 5.41) is 8.45. The van der Waals surface area contributed by atoms with Crippen LogP contribution in [0.15, 0.2) is 24.3 Å². The van der Waals surface area contributed by atoms with Crippen LogP contribution < -0.4 is 10.5 Å². The van der Waals surface area contributed by atoms with E-state index in [1.54, 1.807) is 0 Å². The van der Waals surface area contributed by atoms with E-state index in [9.17, 15) is 4.79 Å². The van der Waals surface area contributed by atoms with Crippen LogP contribution in [0.5, 0.6) is 5.75 Å². The van der Waals surface area contributed by atoms with E-state index in [0.29, 0.717) is 26.4 Å². The van der Waals surface area contributed by atoms with Crippen molar-refractivity contribution in [3.63, 3.8) is 0 Å². The highest BCUT2D eigenvalue weighted by molar-refractivity contribution is 5.85. The van der Waals surface area contributed by atoms with Crippen LogP contribution in [0.4, 0.5) is 0 Å². The van der Waals surface area contributed by atoms with Gasteiger partial charge in [-0.2, -0.15) is 0 Å². The van der Waals surface area contributed by atoms with Gasteiger partial charge in [0.05, 0.1) is 46.1 Å². The average Bonchev–Trinajstić information content (AvgIpc) is 2.67. The van der Waals surface area contributed by atoms with Gasteiger partial charge in [0.25, 0.3) is 0 Å². The van der Waals surface area contributed by atoms with Crippen molar-refractivity contribution >= 4 is 18.4 Å². The maximum absolute atomic E-state index is 10.3. The number of halogens is 1. The maximum atomic E-state index is 10.3. The fraction of sp³-hybridized carbons (Fsp3) is 0.667. The van der Waals surface area contributed by atoms with Crippen LogP contribution in [-0.4, -0.2) is 57.3 Å². The normalized spacial score (nSPS) is 11.7. The largest absolute Gasteiger partial charge is 0.494 e. The molecule has 0 aliphatic heterocycles. The number of carboxylic acids is 1. The van der Waals surface area contributed by atoms with Crippen molar-refractivity contribution in [1.29, 1.82) is 0 Å². The predicted molar refractivity (Wildman–Crippen MR) is 115 cm³/mol. The molecule has 29 heavy (non-hydrogen) atoms. The van der Waals surface area contributed by atoms with E-state index < -0.39 is 5.97 Å². The Balaban J connectivity index is 0.00000784. The Morgan fingerprint density at radius 2 is 1.38 bits per heavy atom. The van der Waals surface area contributed by atoms with E-state index in [4.69, 9.17) is 29.8 Å². The maximum Gasteiger partial charge on any atom is 0.305 e. The molecular formula is C21H36ClNO6. The first-order valence-corrected chi connectivity index (χ1v) is 10.0. The van der Waals surface area contributed by atoms with Gasteiger partial charge in [-0.25, -0.2) is 0 Å². The second-order valence-corrected chi connectivity index (χ2v) is 6.60. The smallest absolute Gasteiger partial charge is 0.305 e. The number of carbonyl (C=O) groups is 1. The second kappa shape index (κ2) is 18.6. The zero-order valence-corrected chi connectivity index (χ0v) is 18.2. The van der Waals surface area contributed by atoms with Crippen LogP contribution in [0.2, 0.25) is 0 Å². The van der Waals surface area contributed by atoms with E-state index in [2.05, 4.69) is 0 Å². The van der Waals surface area contributed by atoms with Gasteiger partial charge >= 0.3 is 5.97 Å². The first-order chi connectivity index (χ1) is 13.6. The Bertz CT molecular complexity index is 512. The molecular weight excluding hydrogens is 398 g/mol. The minimum Gasteiger partial charge on any atom is -0.494 e. The molecule has 0 unspecified atom stereocenters. The van der Waals surface area contributed by atoms with Crippen molar-refractivity contribution < 1.29 is 28.8 Å². The lowest BCUT2D eigenvalue weighted by Crippen LogP contribution is -2.11. The number of unbranched alkanes of at least 4 members (excludes halogenated alkanes) is 3. The summed E-state index contributed by atoms with van der Waals surface area (Å²) in [6.07, 6.45) is 4.31. The van der Waals surface area contributed by atoms with Gasteiger partial charge < -0.3 is 29.8 Å². The SMILES string of the molecule is C[C@@H](N)c1ccc(OCCCCCCOCCOCCOCCC(=O)O)cc1.Cl. The zero-order chi connectivity index (χ0) is 20.5. The highest BCUT2D eigenvalue weighted by Gasteiger charge is 2.00. The van der Waals surface area contributed by atoms with Crippen LogP contribution in [0.25, 0.3) is 0 Å². The lowest BCUT2D eigenvalue weighted by molar-refractivity contribution is -0.138. The molecule has 168 valence electrons. The predicted octanol–water partition coefficient (Wildman–Crippen LogP) is 3.59. The summed E-state index contributed by atoms with van der Waals surface area (Å²) in [5.41, 5.74) is 6.94. The number of nitrogens with two attached hydrogens (primary N) is 1. The quantitative estimate of drug-likeness (QED) is 0.341. The number of hydrogen-bond donors (Lipinski definition) is 2. The number of rotatable bonds is 18. The van der Waals surface area contributed by atoms with Crippen LogP contribution >= 0.6 is 12.4 Å². The summed E-state index contributed by atoms with van der Waals surface area (Å²) in [5.74, 6) is 0.0363. The molecule has 0 saturated carbocycles. The molecule has 0 heterocycles. The third-order valence-electron chi connectivity index (χ3n) is 4.06. The third-order valence-corrected chi connectivity index (χ3v) is 4.06. The topological polar surface area (TPSA) is 100 Å². The monoisotopic (exact) mass is 433 g/mol. The molecule has 1 aromatic carbocycles. The molecule has 0 fully saturated rings. The molecule has 0 aromatic heterocycles. The molecule has 0 bridgehead atoms. The number of aliphatic carboxylic acids is 1. The molecule has 0 amide bonds. The van der Waals surface area contributed by atoms with Crippen LogP contribution in [0.1, 0.15) is 50.6 Å². The van der Waals surface area contributed by atoms with Gasteiger partial charge in [-0.1, -0.05) is 18.6 Å². The van der Waals surface area contributed by atoms with Gasteiger partial charge in [-0.15, -0.1) is 12.4 Å². The average molecular weight is 434 g/mol. The highest BCUT2D eigenvalue weighted by Crippen LogP contribution is 2.16. The zero-order valence-electron chi connectivity index (χ0n) is 17.3. The van der Waals surface area contributed by atoms with Crippen molar-refractivity contribution in [3.8, 4) is 5.75 Å². The third kappa shape index (κ3) is 16.1. The van der Waals surface area contributed by atoms with Crippen molar-refractivity contribution in [3.05, 3.63) is 29.8 Å². The molecule has 7 nitrogen and oxygen atoms in total. The Kier molecular flexibility index (Phi) is 17.7. The van der Waals surface area contributed by atoms with Gasteiger partial charge in [0, 0.05) is 12.6 Å². The summed E-state index contributed by atoms with van der Waals surface area (Å²) in [4.78, 5) is 10.3. The van der Waals surface area contributed by atoms with Gasteiger partial charge in [-0.05, 0) is 43.9 Å². The molecule has 8 heteroatoms. The summed E-state index contributed by atoms with van der Waals surface area (Å²) in [6, 6.07) is 8.00. The van der Waals surface area contributed by atoms with Crippen molar-refractivity contribution in [2.24, 2.45) is 5.73 Å². The lowest BCUT2D eigenvalue weighted by atomic mass is 10.1. The fourth-order valence-corrected chi connectivity index (χ4v) is 2.42. The standard InChI is InChI=1S/C21H35NO6.ClH/c1-18(22)19-6-8-20(9-7-19)28-12-5-3-2-4-11-25-14-16-27-17-15-26-13-10-21(23)24;/h6-9,18H,2-5,10-17,22H2,1H3,(H,23,24);1H/t18-;/m1./s1. The van der Waals surface area contributed by atoms with E-state index >= 15 is 0 Å². The summed E-state index contributed by atoms with van der Waals surface area (Å²) >= 11 is 0. The fourth-order valence-electron chi connectivity index (χ4n) is 2.42. The van der Waals surface area contributed by atoms with Gasteiger partial charge in [0.1, 0.15) is 5.75 Å². The van der Waals surface area contributed by atoms with Crippen molar-refractivity contribution in [2.45, 2.75) is 45.1 Å². The van der Waals surface area contributed by atoms with Gasteiger partial charge in [0.15, 0.2) is 0 Å². The van der Waals surface area contributed by atoms with E-state index in [-0.39, 0.29) is 31.5 Å². The summed E-state index contributed by atoms with van der Waals surface area (Å²) in [6.45, 7) is 5.60. The molecule has 0 saturated heterocycles. The van der Waals surface area contributed by atoms with E-state index in [1.807, 2.05) is 31.2 Å². The molecule has 1 atom stereocenters. The van der Waals surface area contributed by atoms with Crippen LogP contribution in [-0.2, 0) is 19.0 Å². The molecule has 0 radical (unpaired) electrons. The van der Waals surface area contributed by atoms with Crippen LogP contribution in [0.3, 0.4) is 0 Å². The molecule has 1 aromatic rings. The first-order valence-electron chi connectivity index (χ1n) is 10.0. The van der Waals surface area contributed by atoms with E-state index in [1.165, 1.54) is 0 Å². The Morgan fingerprint density at radius 1 is 0.862 bits per heavy atom. The number of ether oxygens (including phenoxy) is 4. The lowest BCUT2D eigenvalue weighted by Gasteiger charge is -2.09. The molecule has 0 spiro atoms. The number of carboxylic acid groups (broad SMARTS) is 1. The van der Waals surface area contributed by atoms with Crippen LogP contribution in [0, 0.1) is 0 Å². The van der Waals surface area contributed by atoms with Crippen molar-refractivity contribution in [2.75, 3.05) is 46.2 Å². The summed E-state index contributed by atoms with van der Waals surface area (Å²) in [7, 11) is 0. The Hall–Kier alpha value is -1.38.